The first-order chi connectivity index (χ1) is 7.79. The highest BCUT2D eigenvalue weighted by atomic mass is 14.9. The molecule has 0 aliphatic heterocycles. The van der Waals surface area contributed by atoms with Crippen molar-refractivity contribution in [1.29, 1.82) is 0 Å². The van der Waals surface area contributed by atoms with Crippen LogP contribution in [0.5, 0.6) is 0 Å². The number of nitrogens with zero attached hydrogens (tertiary/aromatic N) is 1. The Morgan fingerprint density at radius 2 is 2.38 bits per heavy atom. The average molecular weight is 218 g/mol. The number of allylic oxidation sites excluding steroid dienone is 1. The number of pyridine rings is 1. The summed E-state index contributed by atoms with van der Waals surface area (Å²) in [6.07, 6.45) is 7.09. The topological polar surface area (TPSA) is 24.9 Å². The van der Waals surface area contributed by atoms with Crippen molar-refractivity contribution >= 4 is 0 Å². The van der Waals surface area contributed by atoms with Crippen molar-refractivity contribution in [2.45, 2.75) is 39.2 Å². The monoisotopic (exact) mass is 218 g/mol. The summed E-state index contributed by atoms with van der Waals surface area (Å²) in [5.41, 5.74) is 2.44. The molecule has 1 unspecified atom stereocenters. The molecule has 0 spiro atoms. The molecule has 1 N–H and O–H groups in total. The third kappa shape index (κ3) is 3.78. The maximum absolute atomic E-state index is 4.49. The van der Waals surface area contributed by atoms with Crippen LogP contribution >= 0.6 is 0 Å². The van der Waals surface area contributed by atoms with Crippen LogP contribution in [-0.4, -0.2) is 11.5 Å². The van der Waals surface area contributed by atoms with Crippen LogP contribution in [0.15, 0.2) is 31.0 Å². The molecule has 0 aliphatic carbocycles. The Morgan fingerprint density at radius 3 is 3.00 bits per heavy atom. The van der Waals surface area contributed by atoms with Crippen molar-refractivity contribution in [2.75, 3.05) is 6.54 Å². The Kier molecular flexibility index (Phi) is 5.79. The van der Waals surface area contributed by atoms with Gasteiger partial charge >= 0.3 is 0 Å². The van der Waals surface area contributed by atoms with Gasteiger partial charge in [0.1, 0.15) is 0 Å². The first kappa shape index (κ1) is 12.9. The summed E-state index contributed by atoms with van der Waals surface area (Å²) >= 11 is 0. The molecule has 0 radical (unpaired) electrons. The van der Waals surface area contributed by atoms with Gasteiger partial charge in [0.05, 0.1) is 11.7 Å². The second-order valence-electron chi connectivity index (χ2n) is 4.08. The Morgan fingerprint density at radius 1 is 1.56 bits per heavy atom. The van der Waals surface area contributed by atoms with E-state index in [1.54, 1.807) is 0 Å². The molecule has 0 saturated carbocycles. The molecule has 0 aliphatic rings. The van der Waals surface area contributed by atoms with Crippen LogP contribution in [0.2, 0.25) is 0 Å². The van der Waals surface area contributed by atoms with E-state index in [0.29, 0.717) is 6.04 Å². The van der Waals surface area contributed by atoms with Gasteiger partial charge in [0.15, 0.2) is 0 Å². The summed E-state index contributed by atoms with van der Waals surface area (Å²) in [5, 5.41) is 3.55. The Bertz CT molecular complexity index is 320. The van der Waals surface area contributed by atoms with E-state index < -0.39 is 0 Å². The summed E-state index contributed by atoms with van der Waals surface area (Å²) in [4.78, 5) is 4.49. The summed E-state index contributed by atoms with van der Waals surface area (Å²) in [5.74, 6) is 0. The molecule has 2 nitrogen and oxygen atoms in total. The average Bonchev–Trinajstić information content (AvgIpc) is 2.31. The zero-order chi connectivity index (χ0) is 11.8. The lowest BCUT2D eigenvalue weighted by Crippen LogP contribution is -2.23. The van der Waals surface area contributed by atoms with Crippen LogP contribution in [0.3, 0.4) is 0 Å². The third-order valence-electron chi connectivity index (χ3n) is 2.68. The third-order valence-corrected chi connectivity index (χ3v) is 2.68. The van der Waals surface area contributed by atoms with Gasteiger partial charge in [-0.25, -0.2) is 0 Å². The highest BCUT2D eigenvalue weighted by Gasteiger charge is 2.12. The maximum Gasteiger partial charge on any atom is 0.0602 e. The van der Waals surface area contributed by atoms with Crippen LogP contribution in [0.4, 0.5) is 0 Å². The standard InChI is InChI=1S/C14H22N2/c1-4-6-9-13(15-10-5-2)14-12(3)8-7-11-16-14/h4,7-8,11,13,15H,1,5-6,9-10H2,2-3H3. The predicted molar refractivity (Wildman–Crippen MR) is 69.4 cm³/mol. The number of hydrogen-bond donors (Lipinski definition) is 1. The molecular formula is C14H22N2. The number of aryl methyl sites for hydroxylation is 1. The van der Waals surface area contributed by atoms with Crippen molar-refractivity contribution in [1.82, 2.24) is 10.3 Å². The minimum absolute atomic E-state index is 0.360. The van der Waals surface area contributed by atoms with Crippen LogP contribution in [0.25, 0.3) is 0 Å². The summed E-state index contributed by atoms with van der Waals surface area (Å²) in [6.45, 7) is 9.13. The van der Waals surface area contributed by atoms with E-state index >= 15 is 0 Å². The Balaban J connectivity index is 2.74. The first-order valence-corrected chi connectivity index (χ1v) is 6.05. The van der Waals surface area contributed by atoms with Crippen LogP contribution in [-0.2, 0) is 0 Å². The maximum atomic E-state index is 4.49. The molecule has 1 aromatic rings. The predicted octanol–water partition coefficient (Wildman–Crippen LogP) is 3.40. The second-order valence-corrected chi connectivity index (χ2v) is 4.08. The fraction of sp³-hybridized carbons (Fsp3) is 0.500. The van der Waals surface area contributed by atoms with Gasteiger partial charge in [-0.15, -0.1) is 6.58 Å². The molecule has 0 amide bonds. The van der Waals surface area contributed by atoms with E-state index in [1.807, 2.05) is 18.3 Å². The molecule has 1 atom stereocenters. The fourth-order valence-corrected chi connectivity index (χ4v) is 1.80. The van der Waals surface area contributed by atoms with Gasteiger partial charge < -0.3 is 5.32 Å². The van der Waals surface area contributed by atoms with E-state index in [-0.39, 0.29) is 0 Å². The lowest BCUT2D eigenvalue weighted by Gasteiger charge is -2.19. The van der Waals surface area contributed by atoms with Gasteiger partial charge in [-0.05, 0) is 44.4 Å². The number of nitrogens with one attached hydrogen (secondary N) is 1. The Labute approximate surface area is 98.8 Å². The summed E-state index contributed by atoms with van der Waals surface area (Å²) in [7, 11) is 0. The van der Waals surface area contributed by atoms with Gasteiger partial charge in [0.25, 0.3) is 0 Å². The molecule has 88 valence electrons. The van der Waals surface area contributed by atoms with E-state index in [2.05, 4.69) is 36.8 Å². The summed E-state index contributed by atoms with van der Waals surface area (Å²) < 4.78 is 0. The molecule has 1 aromatic heterocycles. The molecule has 2 heteroatoms. The first-order valence-electron chi connectivity index (χ1n) is 6.05. The van der Waals surface area contributed by atoms with Crippen LogP contribution in [0.1, 0.15) is 43.5 Å². The smallest absolute Gasteiger partial charge is 0.0602 e. The van der Waals surface area contributed by atoms with Crippen molar-refractivity contribution in [3.05, 3.63) is 42.2 Å². The molecule has 16 heavy (non-hydrogen) atoms. The molecule has 0 aromatic carbocycles. The minimum atomic E-state index is 0.360. The van der Waals surface area contributed by atoms with E-state index in [9.17, 15) is 0 Å². The van der Waals surface area contributed by atoms with Gasteiger partial charge in [-0.1, -0.05) is 19.1 Å². The zero-order valence-electron chi connectivity index (χ0n) is 10.4. The lowest BCUT2D eigenvalue weighted by atomic mass is 10.0. The van der Waals surface area contributed by atoms with Crippen molar-refractivity contribution in [3.63, 3.8) is 0 Å². The molecule has 1 heterocycles. The number of aromatic nitrogens is 1. The normalized spacial score (nSPS) is 12.4. The SMILES string of the molecule is C=CCCC(NCCC)c1ncccc1C. The van der Waals surface area contributed by atoms with Crippen LogP contribution in [0, 0.1) is 6.92 Å². The largest absolute Gasteiger partial charge is 0.309 e. The van der Waals surface area contributed by atoms with Crippen molar-refractivity contribution < 1.29 is 0 Å². The van der Waals surface area contributed by atoms with Crippen molar-refractivity contribution in [2.24, 2.45) is 0 Å². The minimum Gasteiger partial charge on any atom is -0.309 e. The van der Waals surface area contributed by atoms with E-state index in [4.69, 9.17) is 0 Å². The molecule has 0 fully saturated rings. The fourth-order valence-electron chi connectivity index (χ4n) is 1.80. The molecule has 0 bridgehead atoms. The van der Waals surface area contributed by atoms with E-state index in [0.717, 1.165) is 25.8 Å². The number of rotatable bonds is 7. The number of hydrogen-bond acceptors (Lipinski definition) is 2. The molecule has 1 rings (SSSR count). The highest BCUT2D eigenvalue weighted by molar-refractivity contribution is 5.21. The van der Waals surface area contributed by atoms with Gasteiger partial charge in [-0.2, -0.15) is 0 Å². The van der Waals surface area contributed by atoms with Gasteiger partial charge in [0, 0.05) is 6.20 Å². The molecular weight excluding hydrogens is 196 g/mol. The van der Waals surface area contributed by atoms with Gasteiger partial charge in [-0.3, -0.25) is 4.98 Å². The van der Waals surface area contributed by atoms with Gasteiger partial charge in [0.2, 0.25) is 0 Å². The van der Waals surface area contributed by atoms with Crippen LogP contribution < -0.4 is 5.32 Å². The molecule has 0 saturated heterocycles. The quantitative estimate of drug-likeness (QED) is 0.709. The van der Waals surface area contributed by atoms with E-state index in [1.165, 1.54) is 11.3 Å². The van der Waals surface area contributed by atoms with Crippen molar-refractivity contribution in [3.8, 4) is 0 Å². The second kappa shape index (κ2) is 7.18. The Hall–Kier alpha value is -1.15. The highest BCUT2D eigenvalue weighted by Crippen LogP contribution is 2.19. The zero-order valence-corrected chi connectivity index (χ0v) is 10.4. The lowest BCUT2D eigenvalue weighted by molar-refractivity contribution is 0.490. The summed E-state index contributed by atoms with van der Waals surface area (Å²) in [6, 6.07) is 4.47.